The molecular formula is C16H19F2N5. The maximum atomic E-state index is 13.7. The van der Waals surface area contributed by atoms with Gasteiger partial charge in [0, 0.05) is 12.1 Å². The van der Waals surface area contributed by atoms with Crippen molar-refractivity contribution in [1.29, 1.82) is 0 Å². The number of nitrogens with zero attached hydrogens (tertiary/aromatic N) is 3. The molecule has 7 heteroatoms. The maximum Gasteiger partial charge on any atom is 0.244 e. The van der Waals surface area contributed by atoms with E-state index in [0.29, 0.717) is 17.8 Å². The van der Waals surface area contributed by atoms with Gasteiger partial charge in [0.25, 0.3) is 0 Å². The highest BCUT2D eigenvalue weighted by molar-refractivity contribution is 5.56. The first-order chi connectivity index (χ1) is 11.2. The lowest BCUT2D eigenvalue weighted by molar-refractivity contribution is 0.586. The Balaban J connectivity index is 1.69. The van der Waals surface area contributed by atoms with Crippen molar-refractivity contribution < 1.29 is 8.78 Å². The number of aromatic nitrogens is 3. The van der Waals surface area contributed by atoms with Crippen LogP contribution in [0.25, 0.3) is 0 Å². The molecule has 0 unspecified atom stereocenters. The summed E-state index contributed by atoms with van der Waals surface area (Å²) in [5, 5.41) is 13.9. The fourth-order valence-corrected chi connectivity index (χ4v) is 2.76. The van der Waals surface area contributed by atoms with Crippen LogP contribution < -0.4 is 10.6 Å². The number of benzene rings is 1. The van der Waals surface area contributed by atoms with Crippen LogP contribution in [0.5, 0.6) is 0 Å². The number of rotatable bonds is 4. The second kappa shape index (κ2) is 7.30. The Labute approximate surface area is 133 Å². The summed E-state index contributed by atoms with van der Waals surface area (Å²) in [6.45, 7) is 0. The Morgan fingerprint density at radius 1 is 1.04 bits per heavy atom. The van der Waals surface area contributed by atoms with E-state index in [1.165, 1.54) is 44.0 Å². The number of nitrogens with one attached hydrogen (secondary N) is 2. The highest BCUT2D eigenvalue weighted by atomic mass is 19.1. The van der Waals surface area contributed by atoms with Gasteiger partial charge in [0.2, 0.25) is 5.95 Å². The minimum Gasteiger partial charge on any atom is -0.350 e. The largest absolute Gasteiger partial charge is 0.350 e. The highest BCUT2D eigenvalue weighted by Crippen LogP contribution is 2.21. The lowest BCUT2D eigenvalue weighted by Crippen LogP contribution is -2.20. The molecular weight excluding hydrogens is 300 g/mol. The monoisotopic (exact) mass is 319 g/mol. The van der Waals surface area contributed by atoms with E-state index in [1.54, 1.807) is 0 Å². The van der Waals surface area contributed by atoms with Gasteiger partial charge in [0.15, 0.2) is 5.82 Å². The minimum absolute atomic E-state index is 0.146. The van der Waals surface area contributed by atoms with E-state index < -0.39 is 11.6 Å². The van der Waals surface area contributed by atoms with Crippen molar-refractivity contribution in [3.8, 4) is 0 Å². The summed E-state index contributed by atoms with van der Waals surface area (Å²) in [7, 11) is 0. The zero-order valence-corrected chi connectivity index (χ0v) is 12.7. The Hall–Kier alpha value is -2.31. The van der Waals surface area contributed by atoms with Gasteiger partial charge in [-0.3, -0.25) is 0 Å². The molecule has 1 aromatic carbocycles. The van der Waals surface area contributed by atoms with Crippen LogP contribution in [0.1, 0.15) is 38.5 Å². The highest BCUT2D eigenvalue weighted by Gasteiger charge is 2.14. The Bertz CT molecular complexity index is 657. The first-order valence-corrected chi connectivity index (χ1v) is 7.89. The first kappa shape index (κ1) is 15.6. The zero-order valence-electron chi connectivity index (χ0n) is 12.7. The molecule has 1 heterocycles. The van der Waals surface area contributed by atoms with E-state index in [0.717, 1.165) is 18.9 Å². The summed E-state index contributed by atoms with van der Waals surface area (Å²) in [4.78, 5) is 4.30. The van der Waals surface area contributed by atoms with E-state index >= 15 is 0 Å². The van der Waals surface area contributed by atoms with Gasteiger partial charge in [-0.15, -0.1) is 5.10 Å². The molecule has 2 N–H and O–H groups in total. The summed E-state index contributed by atoms with van der Waals surface area (Å²) in [6.07, 6.45) is 8.52. The molecule has 3 rings (SSSR count). The summed E-state index contributed by atoms with van der Waals surface area (Å²) in [5.41, 5.74) is 0.146. The van der Waals surface area contributed by atoms with Crippen molar-refractivity contribution in [2.75, 3.05) is 10.6 Å². The predicted molar refractivity (Wildman–Crippen MR) is 84.6 cm³/mol. The standard InChI is InChI=1S/C16H19F2N5/c17-11-7-8-14(13(18)9-11)21-15-10-19-23-16(22-15)20-12-5-3-1-2-4-6-12/h7-10,12H,1-6H2,(H2,20,21,22,23). The van der Waals surface area contributed by atoms with E-state index in [9.17, 15) is 8.78 Å². The van der Waals surface area contributed by atoms with E-state index in [1.807, 2.05) is 0 Å². The Kier molecular flexibility index (Phi) is 4.95. The van der Waals surface area contributed by atoms with Crippen molar-refractivity contribution in [1.82, 2.24) is 15.2 Å². The Morgan fingerprint density at radius 3 is 2.57 bits per heavy atom. The number of hydrogen-bond acceptors (Lipinski definition) is 5. The van der Waals surface area contributed by atoms with Crippen LogP contribution in [0.4, 0.5) is 26.2 Å². The van der Waals surface area contributed by atoms with Crippen molar-refractivity contribution >= 4 is 17.5 Å². The van der Waals surface area contributed by atoms with Gasteiger partial charge >= 0.3 is 0 Å². The maximum absolute atomic E-state index is 13.7. The van der Waals surface area contributed by atoms with Crippen LogP contribution in [-0.4, -0.2) is 21.2 Å². The molecule has 0 radical (unpaired) electrons. The van der Waals surface area contributed by atoms with Crippen LogP contribution in [-0.2, 0) is 0 Å². The zero-order chi connectivity index (χ0) is 16.1. The predicted octanol–water partition coefficient (Wildman–Crippen LogP) is 4.03. The van der Waals surface area contributed by atoms with Crippen LogP contribution in [0.3, 0.4) is 0 Å². The number of anilines is 3. The number of halogens is 2. The summed E-state index contributed by atoms with van der Waals surface area (Å²) in [6, 6.07) is 3.68. The average molecular weight is 319 g/mol. The molecule has 23 heavy (non-hydrogen) atoms. The third-order valence-electron chi connectivity index (χ3n) is 3.94. The molecule has 2 aromatic rings. The molecule has 1 aromatic heterocycles. The molecule has 1 fully saturated rings. The summed E-state index contributed by atoms with van der Waals surface area (Å²) < 4.78 is 26.6. The normalized spacial score (nSPS) is 15.9. The fourth-order valence-electron chi connectivity index (χ4n) is 2.76. The quantitative estimate of drug-likeness (QED) is 0.833. The summed E-state index contributed by atoms with van der Waals surface area (Å²) >= 11 is 0. The van der Waals surface area contributed by atoms with Crippen molar-refractivity contribution in [3.05, 3.63) is 36.0 Å². The van der Waals surface area contributed by atoms with Crippen LogP contribution in [0.2, 0.25) is 0 Å². The molecule has 1 saturated carbocycles. The molecule has 5 nitrogen and oxygen atoms in total. The van der Waals surface area contributed by atoms with Gasteiger partial charge in [-0.05, 0) is 25.0 Å². The van der Waals surface area contributed by atoms with Gasteiger partial charge in [-0.25, -0.2) is 8.78 Å². The fraction of sp³-hybridized carbons (Fsp3) is 0.438. The van der Waals surface area contributed by atoms with Crippen molar-refractivity contribution in [2.45, 2.75) is 44.6 Å². The van der Waals surface area contributed by atoms with E-state index in [2.05, 4.69) is 25.8 Å². The summed E-state index contributed by atoms with van der Waals surface area (Å²) in [5.74, 6) is -0.516. The molecule has 0 spiro atoms. The van der Waals surface area contributed by atoms with Gasteiger partial charge in [-0.2, -0.15) is 10.1 Å². The lowest BCUT2D eigenvalue weighted by atomic mass is 10.1. The Morgan fingerprint density at radius 2 is 1.83 bits per heavy atom. The molecule has 0 bridgehead atoms. The molecule has 1 aliphatic rings. The second-order valence-corrected chi connectivity index (χ2v) is 5.75. The SMILES string of the molecule is Fc1ccc(Nc2cnnc(NC3CCCCCC3)n2)c(F)c1. The van der Waals surface area contributed by atoms with Crippen molar-refractivity contribution in [3.63, 3.8) is 0 Å². The molecule has 0 atom stereocenters. The topological polar surface area (TPSA) is 62.7 Å². The van der Waals surface area contributed by atoms with E-state index in [4.69, 9.17) is 0 Å². The second-order valence-electron chi connectivity index (χ2n) is 5.75. The number of hydrogen-bond donors (Lipinski definition) is 2. The van der Waals surface area contributed by atoms with Gasteiger partial charge in [0.1, 0.15) is 11.6 Å². The average Bonchev–Trinajstić information content (AvgIpc) is 2.79. The smallest absolute Gasteiger partial charge is 0.244 e. The van der Waals surface area contributed by atoms with Gasteiger partial charge in [0.05, 0.1) is 11.9 Å². The third kappa shape index (κ3) is 4.34. The van der Waals surface area contributed by atoms with Crippen LogP contribution in [0, 0.1) is 11.6 Å². The van der Waals surface area contributed by atoms with Gasteiger partial charge < -0.3 is 10.6 Å². The van der Waals surface area contributed by atoms with E-state index in [-0.39, 0.29) is 5.69 Å². The third-order valence-corrected chi connectivity index (χ3v) is 3.94. The lowest BCUT2D eigenvalue weighted by Gasteiger charge is -2.16. The van der Waals surface area contributed by atoms with Crippen molar-refractivity contribution in [2.24, 2.45) is 0 Å². The van der Waals surface area contributed by atoms with Crippen LogP contribution >= 0.6 is 0 Å². The molecule has 0 aliphatic heterocycles. The molecule has 0 amide bonds. The molecule has 0 saturated heterocycles. The molecule has 122 valence electrons. The minimum atomic E-state index is -0.679. The van der Waals surface area contributed by atoms with Gasteiger partial charge in [-0.1, -0.05) is 25.7 Å². The molecule has 1 aliphatic carbocycles. The van der Waals surface area contributed by atoms with Crippen LogP contribution in [0.15, 0.2) is 24.4 Å². The first-order valence-electron chi connectivity index (χ1n) is 7.89.